The van der Waals surface area contributed by atoms with Gasteiger partial charge in [0.15, 0.2) is 0 Å². The van der Waals surface area contributed by atoms with Crippen LogP contribution in [0.1, 0.15) is 42.2 Å². The van der Waals surface area contributed by atoms with Crippen molar-refractivity contribution < 1.29 is 13.2 Å². The fourth-order valence-electron chi connectivity index (χ4n) is 2.77. The van der Waals surface area contributed by atoms with Gasteiger partial charge >= 0.3 is 0 Å². The molecule has 2 aromatic carbocycles. The summed E-state index contributed by atoms with van der Waals surface area (Å²) >= 11 is 0. The van der Waals surface area contributed by atoms with Crippen LogP contribution in [0.4, 0.5) is 13.2 Å². The minimum absolute atomic E-state index is 0.0454. The Hall–Kier alpha value is -1.97. The molecule has 0 aliphatic rings. The molecule has 0 spiro atoms. The average Bonchev–Trinajstić information content (AvgIpc) is 2.46. The number of hydrogen-bond acceptors (Lipinski definition) is 0. The van der Waals surface area contributed by atoms with Crippen molar-refractivity contribution in [1.29, 1.82) is 0 Å². The smallest absolute Gasteiger partial charge is 0.138 e. The molecule has 0 heterocycles. The van der Waals surface area contributed by atoms with Gasteiger partial charge in [0.25, 0.3) is 0 Å². The van der Waals surface area contributed by atoms with Gasteiger partial charge in [-0.2, -0.15) is 0 Å². The van der Waals surface area contributed by atoms with Crippen LogP contribution in [-0.2, 0) is 0 Å². The van der Waals surface area contributed by atoms with E-state index in [9.17, 15) is 13.2 Å². The molecule has 22 heavy (non-hydrogen) atoms. The highest BCUT2D eigenvalue weighted by atomic mass is 19.1. The Labute approximate surface area is 129 Å². The van der Waals surface area contributed by atoms with Crippen LogP contribution < -0.4 is 0 Å². The Morgan fingerprint density at radius 1 is 0.955 bits per heavy atom. The third kappa shape index (κ3) is 3.62. The first-order chi connectivity index (χ1) is 10.4. The lowest BCUT2D eigenvalue weighted by atomic mass is 9.52. The maximum absolute atomic E-state index is 13.8. The minimum atomic E-state index is -0.890. The molecule has 0 saturated carbocycles. The van der Waals surface area contributed by atoms with Crippen molar-refractivity contribution in [2.24, 2.45) is 0 Å². The van der Waals surface area contributed by atoms with Gasteiger partial charge < -0.3 is 0 Å². The number of hydrogen-bond donors (Lipinski definition) is 0. The highest BCUT2D eigenvalue weighted by Crippen LogP contribution is 2.27. The predicted octanol–water partition coefficient (Wildman–Crippen LogP) is 5.01. The highest BCUT2D eigenvalue weighted by molar-refractivity contribution is 6.39. The summed E-state index contributed by atoms with van der Waals surface area (Å²) in [5.74, 6) is -2.73. The molecular formula is C18H18BF3. The van der Waals surface area contributed by atoms with E-state index in [1.165, 1.54) is 0 Å². The van der Waals surface area contributed by atoms with E-state index in [0.717, 1.165) is 23.3 Å². The van der Waals surface area contributed by atoms with Crippen LogP contribution in [0, 0.1) is 17.5 Å². The van der Waals surface area contributed by atoms with Crippen LogP contribution in [0.15, 0.2) is 43.0 Å². The molecule has 0 aliphatic heterocycles. The molecule has 2 unspecified atom stereocenters. The quantitative estimate of drug-likeness (QED) is 0.681. The van der Waals surface area contributed by atoms with Crippen molar-refractivity contribution in [3.05, 3.63) is 77.1 Å². The molecule has 2 aromatic rings. The van der Waals surface area contributed by atoms with Gasteiger partial charge in [0.1, 0.15) is 24.7 Å². The average molecular weight is 302 g/mol. The second-order valence-electron chi connectivity index (χ2n) is 5.69. The second-order valence-corrected chi connectivity index (χ2v) is 5.69. The van der Waals surface area contributed by atoms with Crippen molar-refractivity contribution in [3.8, 4) is 0 Å². The van der Waals surface area contributed by atoms with Gasteiger partial charge in [-0.05, 0) is 17.2 Å². The van der Waals surface area contributed by atoms with Crippen LogP contribution in [0.3, 0.4) is 0 Å². The number of rotatable bonds is 5. The van der Waals surface area contributed by atoms with E-state index in [0.29, 0.717) is 7.28 Å². The fraction of sp³-hybridized carbons (Fsp3) is 0.222. The van der Waals surface area contributed by atoms with Crippen molar-refractivity contribution in [3.63, 3.8) is 0 Å². The third-order valence-electron chi connectivity index (χ3n) is 3.98. The van der Waals surface area contributed by atoms with Gasteiger partial charge in [0.05, 0.1) is 0 Å². The van der Waals surface area contributed by atoms with Crippen LogP contribution in [-0.4, -0.2) is 7.28 Å². The molecule has 0 bridgehead atoms. The minimum Gasteiger partial charge on any atom is -0.207 e. The van der Waals surface area contributed by atoms with Gasteiger partial charge in [0, 0.05) is 17.7 Å². The zero-order chi connectivity index (χ0) is 16.3. The van der Waals surface area contributed by atoms with Crippen molar-refractivity contribution >= 4 is 13.4 Å². The van der Waals surface area contributed by atoms with Crippen LogP contribution in [0.25, 0.3) is 6.08 Å². The normalized spacial score (nSPS) is 13.5. The van der Waals surface area contributed by atoms with Crippen LogP contribution in [0.5, 0.6) is 0 Å². The summed E-state index contributed by atoms with van der Waals surface area (Å²) < 4.78 is 40.6. The molecule has 0 saturated heterocycles. The first-order valence-electron chi connectivity index (χ1n) is 7.29. The summed E-state index contributed by atoms with van der Waals surface area (Å²) in [5.41, 5.74) is 2.08. The maximum Gasteiger partial charge on any atom is 0.138 e. The monoisotopic (exact) mass is 302 g/mol. The van der Waals surface area contributed by atoms with Gasteiger partial charge in [-0.1, -0.05) is 56.3 Å². The van der Waals surface area contributed by atoms with Gasteiger partial charge in [-0.15, -0.1) is 0 Å². The largest absolute Gasteiger partial charge is 0.207 e. The lowest BCUT2D eigenvalue weighted by Crippen LogP contribution is -2.15. The van der Waals surface area contributed by atoms with Crippen LogP contribution >= 0.6 is 0 Å². The van der Waals surface area contributed by atoms with E-state index < -0.39 is 17.5 Å². The summed E-state index contributed by atoms with van der Waals surface area (Å²) in [6, 6.07) is 9.37. The van der Waals surface area contributed by atoms with Crippen molar-refractivity contribution in [1.82, 2.24) is 0 Å². The Balaban J connectivity index is 2.17. The van der Waals surface area contributed by atoms with E-state index in [1.54, 1.807) is 13.0 Å². The van der Waals surface area contributed by atoms with Gasteiger partial charge in [0.2, 0.25) is 0 Å². The molecule has 2 atom stereocenters. The van der Waals surface area contributed by atoms with E-state index >= 15 is 0 Å². The van der Waals surface area contributed by atoms with Crippen molar-refractivity contribution in [2.75, 3.05) is 0 Å². The highest BCUT2D eigenvalue weighted by Gasteiger charge is 2.21. The zero-order valence-corrected chi connectivity index (χ0v) is 12.7. The molecule has 0 radical (unpaired) electrons. The van der Waals surface area contributed by atoms with E-state index in [4.69, 9.17) is 0 Å². The SMILES string of the molecule is C=Cc1ccc(C(C)BC(C)c2c(F)cc(F)cc2F)cc1. The Bertz CT molecular complexity index is 642. The summed E-state index contributed by atoms with van der Waals surface area (Å²) in [5, 5.41) is 0. The Kier molecular flexibility index (Phi) is 5.12. The Morgan fingerprint density at radius 2 is 1.50 bits per heavy atom. The first kappa shape index (κ1) is 16.4. The topological polar surface area (TPSA) is 0 Å². The molecule has 0 aliphatic carbocycles. The molecule has 2 rings (SSSR count). The summed E-state index contributed by atoms with van der Waals surface area (Å²) in [6.45, 7) is 7.48. The lowest BCUT2D eigenvalue weighted by molar-refractivity contribution is 0.523. The first-order valence-corrected chi connectivity index (χ1v) is 7.29. The lowest BCUT2D eigenvalue weighted by Gasteiger charge is -2.18. The second kappa shape index (κ2) is 6.86. The van der Waals surface area contributed by atoms with E-state index in [1.807, 2.05) is 31.2 Å². The predicted molar refractivity (Wildman–Crippen MR) is 86.8 cm³/mol. The third-order valence-corrected chi connectivity index (χ3v) is 3.98. The van der Waals surface area contributed by atoms with Crippen LogP contribution in [0.2, 0.25) is 0 Å². The summed E-state index contributed by atoms with van der Waals surface area (Å²) in [6.07, 6.45) is 1.76. The van der Waals surface area contributed by atoms with Crippen molar-refractivity contribution in [2.45, 2.75) is 25.5 Å². The van der Waals surface area contributed by atoms with E-state index in [2.05, 4.69) is 6.58 Å². The molecule has 0 aromatic heterocycles. The van der Waals surface area contributed by atoms with E-state index in [-0.39, 0.29) is 17.2 Å². The summed E-state index contributed by atoms with van der Waals surface area (Å²) in [4.78, 5) is 0. The maximum atomic E-state index is 13.8. The molecule has 0 N–H and O–H groups in total. The number of halogens is 3. The number of benzene rings is 2. The molecule has 0 amide bonds. The molecule has 114 valence electrons. The fourth-order valence-corrected chi connectivity index (χ4v) is 2.77. The summed E-state index contributed by atoms with van der Waals surface area (Å²) in [7, 11) is 0.576. The standard InChI is InChI=1S/C18H18BF3/c1-4-13-5-7-14(8-6-13)11(2)19-12(3)18-16(21)9-15(20)10-17(18)22/h4-12,19H,1H2,2-3H3. The molecule has 0 fully saturated rings. The zero-order valence-electron chi connectivity index (χ0n) is 12.7. The van der Waals surface area contributed by atoms with Gasteiger partial charge in [-0.3, -0.25) is 0 Å². The molecular weight excluding hydrogens is 284 g/mol. The molecule has 4 heteroatoms. The van der Waals surface area contributed by atoms with Gasteiger partial charge in [-0.25, -0.2) is 13.2 Å². The molecule has 0 nitrogen and oxygen atoms in total. The Morgan fingerprint density at radius 3 is 2.00 bits per heavy atom.